The fraction of sp³-hybridized carbons (Fsp3) is 0.444. The van der Waals surface area contributed by atoms with Crippen LogP contribution in [0, 0.1) is 0 Å². The van der Waals surface area contributed by atoms with E-state index in [9.17, 15) is 4.79 Å². The predicted octanol–water partition coefficient (Wildman–Crippen LogP) is 0.810. The van der Waals surface area contributed by atoms with Crippen molar-refractivity contribution in [3.63, 3.8) is 0 Å². The topological polar surface area (TPSA) is 62.5 Å². The Morgan fingerprint density at radius 3 is 3.08 bits per heavy atom. The highest BCUT2D eigenvalue weighted by Crippen LogP contribution is 2.25. The molecule has 1 aliphatic heterocycles. The molecule has 1 aromatic heterocycles. The molecule has 1 aliphatic rings. The molecule has 0 saturated carbocycles. The molecule has 1 aromatic rings. The van der Waals surface area contributed by atoms with Crippen LogP contribution in [0.4, 0.5) is 0 Å². The van der Waals surface area contributed by atoms with Gasteiger partial charge in [-0.3, -0.25) is 4.79 Å². The van der Waals surface area contributed by atoms with Crippen molar-refractivity contribution < 1.29 is 14.3 Å². The van der Waals surface area contributed by atoms with Crippen LogP contribution in [0.2, 0.25) is 0 Å². The van der Waals surface area contributed by atoms with E-state index in [1.54, 1.807) is 6.26 Å². The van der Waals surface area contributed by atoms with Crippen LogP contribution in [0.5, 0.6) is 0 Å². The standard InChI is InChI=1S/C9H11NO3/c11-9(12)7-4-6(5-10-7)8-2-1-3-13-8/h1-3,6-7,10H,4-5H2,(H,11,12)/t6-,7-/m0/s1. The summed E-state index contributed by atoms with van der Waals surface area (Å²) in [6.45, 7) is 0.685. The quantitative estimate of drug-likeness (QED) is 0.708. The van der Waals surface area contributed by atoms with Crippen LogP contribution in [-0.4, -0.2) is 23.7 Å². The van der Waals surface area contributed by atoms with Gasteiger partial charge in [-0.05, 0) is 18.6 Å². The Kier molecular flexibility index (Phi) is 2.06. The number of furan rings is 1. The lowest BCUT2D eigenvalue weighted by Gasteiger charge is -2.03. The van der Waals surface area contributed by atoms with E-state index in [0.717, 1.165) is 5.76 Å². The van der Waals surface area contributed by atoms with Gasteiger partial charge in [0.2, 0.25) is 0 Å². The molecule has 2 rings (SSSR count). The van der Waals surface area contributed by atoms with Crippen molar-refractivity contribution in [1.82, 2.24) is 5.32 Å². The van der Waals surface area contributed by atoms with Crippen molar-refractivity contribution >= 4 is 5.97 Å². The normalized spacial score (nSPS) is 27.7. The summed E-state index contributed by atoms with van der Waals surface area (Å²) in [6, 6.07) is 3.29. The summed E-state index contributed by atoms with van der Waals surface area (Å²) in [6.07, 6.45) is 2.23. The number of carboxylic acid groups (broad SMARTS) is 1. The molecule has 13 heavy (non-hydrogen) atoms. The molecular weight excluding hydrogens is 170 g/mol. The fourth-order valence-electron chi connectivity index (χ4n) is 1.66. The predicted molar refractivity (Wildman–Crippen MR) is 45.5 cm³/mol. The van der Waals surface area contributed by atoms with Crippen LogP contribution >= 0.6 is 0 Å². The average Bonchev–Trinajstić information content (AvgIpc) is 2.75. The second-order valence-electron chi connectivity index (χ2n) is 3.25. The molecule has 0 spiro atoms. The summed E-state index contributed by atoms with van der Waals surface area (Å²) >= 11 is 0. The van der Waals surface area contributed by atoms with Crippen LogP contribution in [0.15, 0.2) is 22.8 Å². The largest absolute Gasteiger partial charge is 0.480 e. The van der Waals surface area contributed by atoms with E-state index in [1.165, 1.54) is 0 Å². The first-order valence-corrected chi connectivity index (χ1v) is 4.27. The molecule has 2 atom stereocenters. The molecule has 0 aliphatic carbocycles. The van der Waals surface area contributed by atoms with Crippen LogP contribution in [0.1, 0.15) is 18.1 Å². The van der Waals surface area contributed by atoms with Gasteiger partial charge in [0.25, 0.3) is 0 Å². The molecule has 0 aromatic carbocycles. The molecule has 1 fully saturated rings. The molecule has 0 radical (unpaired) electrons. The van der Waals surface area contributed by atoms with E-state index in [1.807, 2.05) is 12.1 Å². The molecule has 1 saturated heterocycles. The molecule has 4 heteroatoms. The van der Waals surface area contributed by atoms with Gasteiger partial charge in [0, 0.05) is 12.5 Å². The molecule has 2 heterocycles. The van der Waals surface area contributed by atoms with E-state index in [0.29, 0.717) is 13.0 Å². The first-order valence-electron chi connectivity index (χ1n) is 4.27. The molecule has 0 unspecified atom stereocenters. The van der Waals surface area contributed by atoms with E-state index in [2.05, 4.69) is 5.32 Å². The van der Waals surface area contributed by atoms with Gasteiger partial charge in [0.15, 0.2) is 0 Å². The van der Waals surface area contributed by atoms with Gasteiger partial charge < -0.3 is 14.8 Å². The number of carbonyl (C=O) groups is 1. The van der Waals surface area contributed by atoms with Gasteiger partial charge >= 0.3 is 5.97 Å². The van der Waals surface area contributed by atoms with Gasteiger partial charge in [0.05, 0.1) is 6.26 Å². The van der Waals surface area contributed by atoms with Crippen LogP contribution in [0.25, 0.3) is 0 Å². The van der Waals surface area contributed by atoms with E-state index >= 15 is 0 Å². The van der Waals surface area contributed by atoms with Gasteiger partial charge in [0.1, 0.15) is 11.8 Å². The minimum atomic E-state index is -0.783. The molecule has 0 bridgehead atoms. The van der Waals surface area contributed by atoms with Crippen molar-refractivity contribution in [1.29, 1.82) is 0 Å². The van der Waals surface area contributed by atoms with Gasteiger partial charge in [-0.1, -0.05) is 0 Å². The Morgan fingerprint density at radius 2 is 2.54 bits per heavy atom. The lowest BCUT2D eigenvalue weighted by atomic mass is 10.0. The Balaban J connectivity index is 2.03. The maximum absolute atomic E-state index is 10.6. The van der Waals surface area contributed by atoms with Crippen molar-refractivity contribution in [2.75, 3.05) is 6.54 Å². The zero-order chi connectivity index (χ0) is 9.26. The summed E-state index contributed by atoms with van der Waals surface area (Å²) in [4.78, 5) is 10.6. The maximum atomic E-state index is 10.6. The van der Waals surface area contributed by atoms with Crippen molar-refractivity contribution in [3.8, 4) is 0 Å². The summed E-state index contributed by atoms with van der Waals surface area (Å²) in [5.74, 6) is 0.293. The van der Waals surface area contributed by atoms with Crippen LogP contribution in [-0.2, 0) is 4.79 Å². The second kappa shape index (κ2) is 3.22. The summed E-state index contributed by atoms with van der Waals surface area (Å²) < 4.78 is 5.21. The Labute approximate surface area is 75.6 Å². The number of nitrogens with one attached hydrogen (secondary N) is 1. The number of hydrogen-bond acceptors (Lipinski definition) is 3. The number of aliphatic carboxylic acids is 1. The Morgan fingerprint density at radius 1 is 1.69 bits per heavy atom. The van der Waals surface area contributed by atoms with Crippen molar-refractivity contribution in [2.45, 2.75) is 18.4 Å². The number of rotatable bonds is 2. The highest BCUT2D eigenvalue weighted by Gasteiger charge is 2.31. The molecule has 70 valence electrons. The minimum Gasteiger partial charge on any atom is -0.480 e. The van der Waals surface area contributed by atoms with Crippen molar-refractivity contribution in [3.05, 3.63) is 24.2 Å². The van der Waals surface area contributed by atoms with Crippen LogP contribution < -0.4 is 5.32 Å². The number of hydrogen-bond donors (Lipinski definition) is 2. The summed E-state index contributed by atoms with van der Waals surface area (Å²) in [5.41, 5.74) is 0. The van der Waals surface area contributed by atoms with Crippen LogP contribution in [0.3, 0.4) is 0 Å². The third-order valence-electron chi connectivity index (χ3n) is 2.37. The Bertz CT molecular complexity index is 294. The van der Waals surface area contributed by atoms with E-state index < -0.39 is 12.0 Å². The first kappa shape index (κ1) is 8.31. The first-order chi connectivity index (χ1) is 6.27. The van der Waals surface area contributed by atoms with Crippen molar-refractivity contribution in [2.24, 2.45) is 0 Å². The highest BCUT2D eigenvalue weighted by molar-refractivity contribution is 5.74. The molecule has 2 N–H and O–H groups in total. The average molecular weight is 181 g/mol. The molecule has 4 nitrogen and oxygen atoms in total. The third kappa shape index (κ3) is 1.58. The zero-order valence-corrected chi connectivity index (χ0v) is 7.06. The summed E-state index contributed by atoms with van der Waals surface area (Å²) in [7, 11) is 0. The third-order valence-corrected chi connectivity index (χ3v) is 2.37. The minimum absolute atomic E-state index is 0.205. The van der Waals surface area contributed by atoms with Gasteiger partial charge in [-0.25, -0.2) is 0 Å². The fourth-order valence-corrected chi connectivity index (χ4v) is 1.66. The zero-order valence-electron chi connectivity index (χ0n) is 7.06. The van der Waals surface area contributed by atoms with E-state index in [4.69, 9.17) is 9.52 Å². The number of carboxylic acids is 1. The second-order valence-corrected chi connectivity index (χ2v) is 3.25. The van der Waals surface area contributed by atoms with E-state index in [-0.39, 0.29) is 5.92 Å². The molecular formula is C9H11NO3. The smallest absolute Gasteiger partial charge is 0.320 e. The Hall–Kier alpha value is -1.29. The highest BCUT2D eigenvalue weighted by atomic mass is 16.4. The van der Waals surface area contributed by atoms with Gasteiger partial charge in [-0.15, -0.1) is 0 Å². The lowest BCUT2D eigenvalue weighted by molar-refractivity contribution is -0.139. The summed E-state index contributed by atoms with van der Waals surface area (Å²) in [5, 5.41) is 11.7. The van der Waals surface area contributed by atoms with Gasteiger partial charge in [-0.2, -0.15) is 0 Å². The monoisotopic (exact) mass is 181 g/mol. The maximum Gasteiger partial charge on any atom is 0.320 e. The SMILES string of the molecule is O=C(O)[C@@H]1C[C@H](c2ccco2)CN1. The lowest BCUT2D eigenvalue weighted by Crippen LogP contribution is -2.29. The molecule has 0 amide bonds.